The van der Waals surface area contributed by atoms with Crippen LogP contribution in [0.25, 0.3) is 11.3 Å². The molecule has 4 heteroatoms. The standard InChI is InChI=1S/C15H15NO3/c1-3-19-11-6-7-12(10(2)9-11)14-13(15(17)18)5-4-8-16-14/h4-9H,3H2,1-2H3,(H,17,18). The van der Waals surface area contributed by atoms with E-state index < -0.39 is 5.97 Å². The minimum atomic E-state index is -0.976. The SMILES string of the molecule is CCOc1ccc(-c2ncccc2C(=O)O)c(C)c1. The van der Waals surface area contributed by atoms with Gasteiger partial charge in [-0.05, 0) is 49.7 Å². The predicted octanol–water partition coefficient (Wildman–Crippen LogP) is 3.15. The van der Waals surface area contributed by atoms with E-state index in [4.69, 9.17) is 4.74 Å². The number of aromatic carboxylic acids is 1. The highest BCUT2D eigenvalue weighted by atomic mass is 16.5. The van der Waals surface area contributed by atoms with E-state index in [1.165, 1.54) is 0 Å². The first kappa shape index (κ1) is 13.1. The minimum Gasteiger partial charge on any atom is -0.494 e. The highest BCUT2D eigenvalue weighted by Gasteiger charge is 2.14. The summed E-state index contributed by atoms with van der Waals surface area (Å²) in [7, 11) is 0. The van der Waals surface area contributed by atoms with Gasteiger partial charge in [0.1, 0.15) is 5.75 Å². The van der Waals surface area contributed by atoms with Gasteiger partial charge in [0.15, 0.2) is 0 Å². The number of pyridine rings is 1. The fourth-order valence-corrected chi connectivity index (χ4v) is 1.95. The smallest absolute Gasteiger partial charge is 0.337 e. The van der Waals surface area contributed by atoms with Crippen LogP contribution in [0.4, 0.5) is 0 Å². The molecule has 0 fully saturated rings. The number of aryl methyl sites for hydroxylation is 1. The van der Waals surface area contributed by atoms with E-state index in [2.05, 4.69) is 4.98 Å². The van der Waals surface area contributed by atoms with Gasteiger partial charge < -0.3 is 9.84 Å². The molecular formula is C15H15NO3. The molecule has 1 aromatic carbocycles. The van der Waals surface area contributed by atoms with Crippen molar-refractivity contribution in [3.8, 4) is 17.0 Å². The van der Waals surface area contributed by atoms with Gasteiger partial charge in [0.2, 0.25) is 0 Å². The Bertz CT molecular complexity index is 608. The number of ether oxygens (including phenoxy) is 1. The molecule has 0 bridgehead atoms. The van der Waals surface area contributed by atoms with Crippen molar-refractivity contribution in [2.75, 3.05) is 6.61 Å². The molecule has 0 amide bonds. The first-order valence-corrected chi connectivity index (χ1v) is 6.05. The summed E-state index contributed by atoms with van der Waals surface area (Å²) in [5.41, 5.74) is 2.43. The molecule has 0 unspecified atom stereocenters. The molecule has 0 saturated heterocycles. The zero-order valence-corrected chi connectivity index (χ0v) is 10.9. The lowest BCUT2D eigenvalue weighted by Crippen LogP contribution is -2.02. The number of carbonyl (C=O) groups is 1. The highest BCUT2D eigenvalue weighted by Crippen LogP contribution is 2.27. The van der Waals surface area contributed by atoms with E-state index in [0.29, 0.717) is 12.3 Å². The van der Waals surface area contributed by atoms with E-state index in [9.17, 15) is 9.90 Å². The molecule has 0 aliphatic carbocycles. The number of benzene rings is 1. The lowest BCUT2D eigenvalue weighted by Gasteiger charge is -2.10. The molecule has 1 aromatic heterocycles. The summed E-state index contributed by atoms with van der Waals surface area (Å²) in [6, 6.07) is 8.73. The fraction of sp³-hybridized carbons (Fsp3) is 0.200. The molecule has 0 radical (unpaired) electrons. The number of nitrogens with zero attached hydrogens (tertiary/aromatic N) is 1. The first-order valence-electron chi connectivity index (χ1n) is 6.05. The van der Waals surface area contributed by atoms with Crippen LogP contribution in [0, 0.1) is 6.92 Å². The Balaban J connectivity index is 2.50. The van der Waals surface area contributed by atoms with Crippen molar-refractivity contribution in [1.82, 2.24) is 4.98 Å². The highest BCUT2D eigenvalue weighted by molar-refractivity contribution is 5.95. The van der Waals surface area contributed by atoms with Gasteiger partial charge in [0.25, 0.3) is 0 Å². The first-order chi connectivity index (χ1) is 9.13. The molecule has 19 heavy (non-hydrogen) atoms. The van der Waals surface area contributed by atoms with Gasteiger partial charge in [0.05, 0.1) is 17.9 Å². The van der Waals surface area contributed by atoms with Gasteiger partial charge in [-0.15, -0.1) is 0 Å². The summed E-state index contributed by atoms with van der Waals surface area (Å²) in [4.78, 5) is 15.4. The van der Waals surface area contributed by atoms with Crippen molar-refractivity contribution in [2.24, 2.45) is 0 Å². The molecule has 0 aliphatic rings. The van der Waals surface area contributed by atoms with Gasteiger partial charge in [-0.1, -0.05) is 0 Å². The lowest BCUT2D eigenvalue weighted by molar-refractivity contribution is 0.0697. The van der Waals surface area contributed by atoms with Crippen molar-refractivity contribution in [3.05, 3.63) is 47.7 Å². The van der Waals surface area contributed by atoms with Crippen LogP contribution in [0.15, 0.2) is 36.5 Å². The van der Waals surface area contributed by atoms with Crippen molar-refractivity contribution >= 4 is 5.97 Å². The molecule has 98 valence electrons. The molecule has 1 heterocycles. The zero-order chi connectivity index (χ0) is 13.8. The Kier molecular flexibility index (Phi) is 3.80. The predicted molar refractivity (Wildman–Crippen MR) is 72.5 cm³/mol. The third kappa shape index (κ3) is 2.73. The molecule has 1 N–H and O–H groups in total. The van der Waals surface area contributed by atoms with E-state index in [1.54, 1.807) is 18.3 Å². The summed E-state index contributed by atoms with van der Waals surface area (Å²) < 4.78 is 5.42. The Morgan fingerprint density at radius 3 is 2.79 bits per heavy atom. The Hall–Kier alpha value is -2.36. The number of rotatable bonds is 4. The van der Waals surface area contributed by atoms with Crippen molar-refractivity contribution in [1.29, 1.82) is 0 Å². The Morgan fingerprint density at radius 1 is 1.37 bits per heavy atom. The maximum atomic E-state index is 11.2. The Labute approximate surface area is 111 Å². The second-order valence-corrected chi connectivity index (χ2v) is 4.11. The third-order valence-corrected chi connectivity index (χ3v) is 2.80. The summed E-state index contributed by atoms with van der Waals surface area (Å²) in [6.07, 6.45) is 1.59. The number of hydrogen-bond donors (Lipinski definition) is 1. The van der Waals surface area contributed by atoms with Gasteiger partial charge in [-0.25, -0.2) is 4.79 Å². The van der Waals surface area contributed by atoms with Crippen LogP contribution in [0.2, 0.25) is 0 Å². The van der Waals surface area contributed by atoms with Crippen LogP contribution in [-0.4, -0.2) is 22.7 Å². The van der Waals surface area contributed by atoms with Gasteiger partial charge in [-0.3, -0.25) is 4.98 Å². The number of carboxylic acid groups (broad SMARTS) is 1. The van der Waals surface area contributed by atoms with E-state index >= 15 is 0 Å². The summed E-state index contributed by atoms with van der Waals surface area (Å²) in [6.45, 7) is 4.44. The third-order valence-electron chi connectivity index (χ3n) is 2.80. The minimum absolute atomic E-state index is 0.203. The average molecular weight is 257 g/mol. The lowest BCUT2D eigenvalue weighted by atomic mass is 10.0. The molecule has 2 rings (SSSR count). The van der Waals surface area contributed by atoms with E-state index in [-0.39, 0.29) is 5.56 Å². The summed E-state index contributed by atoms with van der Waals surface area (Å²) >= 11 is 0. The van der Waals surface area contributed by atoms with Crippen LogP contribution >= 0.6 is 0 Å². The van der Waals surface area contributed by atoms with Crippen molar-refractivity contribution < 1.29 is 14.6 Å². The summed E-state index contributed by atoms with van der Waals surface area (Å²) in [5.74, 6) is -0.201. The number of hydrogen-bond acceptors (Lipinski definition) is 3. The monoisotopic (exact) mass is 257 g/mol. The molecule has 0 atom stereocenters. The molecular weight excluding hydrogens is 242 g/mol. The number of aromatic nitrogens is 1. The van der Waals surface area contributed by atoms with Crippen molar-refractivity contribution in [2.45, 2.75) is 13.8 Å². The van der Waals surface area contributed by atoms with Crippen LogP contribution < -0.4 is 4.74 Å². The second-order valence-electron chi connectivity index (χ2n) is 4.11. The molecule has 0 saturated carbocycles. The second kappa shape index (κ2) is 5.52. The van der Waals surface area contributed by atoms with Crippen LogP contribution in [0.5, 0.6) is 5.75 Å². The van der Waals surface area contributed by atoms with Gasteiger partial charge >= 0.3 is 5.97 Å². The van der Waals surface area contributed by atoms with Crippen LogP contribution in [-0.2, 0) is 0 Å². The molecule has 0 spiro atoms. The maximum Gasteiger partial charge on any atom is 0.337 e. The van der Waals surface area contributed by atoms with Crippen LogP contribution in [0.1, 0.15) is 22.8 Å². The average Bonchev–Trinajstić information content (AvgIpc) is 2.39. The maximum absolute atomic E-state index is 11.2. The van der Waals surface area contributed by atoms with E-state index in [0.717, 1.165) is 16.9 Å². The normalized spacial score (nSPS) is 10.2. The molecule has 2 aromatic rings. The molecule has 0 aliphatic heterocycles. The van der Waals surface area contributed by atoms with Crippen molar-refractivity contribution in [3.63, 3.8) is 0 Å². The topological polar surface area (TPSA) is 59.4 Å². The largest absolute Gasteiger partial charge is 0.494 e. The Morgan fingerprint density at radius 2 is 2.16 bits per heavy atom. The summed E-state index contributed by atoms with van der Waals surface area (Å²) in [5, 5.41) is 9.19. The fourth-order valence-electron chi connectivity index (χ4n) is 1.95. The zero-order valence-electron chi connectivity index (χ0n) is 10.9. The quantitative estimate of drug-likeness (QED) is 0.914. The molecule has 4 nitrogen and oxygen atoms in total. The van der Waals surface area contributed by atoms with Crippen LogP contribution in [0.3, 0.4) is 0 Å². The van der Waals surface area contributed by atoms with Gasteiger partial charge in [0, 0.05) is 11.8 Å². The number of carboxylic acids is 1. The van der Waals surface area contributed by atoms with E-state index in [1.807, 2.05) is 32.0 Å². The van der Waals surface area contributed by atoms with Gasteiger partial charge in [-0.2, -0.15) is 0 Å².